The van der Waals surface area contributed by atoms with Crippen molar-refractivity contribution in [1.82, 2.24) is 9.97 Å². The Hall–Kier alpha value is -2.10. The Morgan fingerprint density at radius 1 is 1.20 bits per heavy atom. The highest BCUT2D eigenvalue weighted by molar-refractivity contribution is 5.62. The van der Waals surface area contributed by atoms with E-state index in [-0.39, 0.29) is 0 Å². The van der Waals surface area contributed by atoms with Crippen molar-refractivity contribution in [2.75, 3.05) is 24.3 Å². The molecule has 0 amide bonds. The molecule has 1 fully saturated rings. The molecule has 1 N–H and O–H groups in total. The number of aromatic nitrogens is 2. The predicted octanol–water partition coefficient (Wildman–Crippen LogP) is 3.55. The van der Waals surface area contributed by atoms with Crippen molar-refractivity contribution in [3.05, 3.63) is 42.2 Å². The van der Waals surface area contributed by atoms with Gasteiger partial charge in [0.15, 0.2) is 0 Å². The first kappa shape index (κ1) is 12.9. The Morgan fingerprint density at radius 2 is 1.95 bits per heavy atom. The van der Waals surface area contributed by atoms with Gasteiger partial charge in [0.05, 0.1) is 0 Å². The fraction of sp³-hybridized carbons (Fsp3) is 0.375. The maximum Gasteiger partial charge on any atom is 0.229 e. The van der Waals surface area contributed by atoms with Gasteiger partial charge in [-0.25, -0.2) is 9.97 Å². The summed E-state index contributed by atoms with van der Waals surface area (Å²) < 4.78 is 0. The summed E-state index contributed by atoms with van der Waals surface area (Å²) in [5.41, 5.74) is 3.44. The Morgan fingerprint density at radius 3 is 2.55 bits per heavy atom. The normalized spacial score (nSPS) is 14.7. The van der Waals surface area contributed by atoms with Gasteiger partial charge >= 0.3 is 0 Å². The number of rotatable bonds is 4. The number of nitrogens with zero attached hydrogens (tertiary/aromatic N) is 3. The van der Waals surface area contributed by atoms with Gasteiger partial charge in [-0.05, 0) is 42.5 Å². The second-order valence-corrected chi connectivity index (χ2v) is 5.30. The van der Waals surface area contributed by atoms with Crippen LogP contribution in [0, 0.1) is 0 Å². The molecule has 1 heterocycles. The number of hydrogen-bond acceptors (Lipinski definition) is 4. The smallest absolute Gasteiger partial charge is 0.229 e. The van der Waals surface area contributed by atoms with Crippen molar-refractivity contribution in [3.63, 3.8) is 0 Å². The van der Waals surface area contributed by atoms with Gasteiger partial charge in [0.1, 0.15) is 0 Å². The number of hydrogen-bond donors (Lipinski definition) is 1. The van der Waals surface area contributed by atoms with E-state index >= 15 is 0 Å². The number of anilines is 3. The van der Waals surface area contributed by atoms with Gasteiger partial charge in [0.25, 0.3) is 0 Å². The summed E-state index contributed by atoms with van der Waals surface area (Å²) in [6, 6.07) is 8.21. The summed E-state index contributed by atoms with van der Waals surface area (Å²) in [5.74, 6) is 1.42. The van der Waals surface area contributed by atoms with Gasteiger partial charge in [0.2, 0.25) is 5.95 Å². The summed E-state index contributed by atoms with van der Waals surface area (Å²) in [6.45, 7) is 0. The minimum atomic E-state index is 0.682. The molecule has 2 aromatic rings. The van der Waals surface area contributed by atoms with Crippen molar-refractivity contribution < 1.29 is 0 Å². The summed E-state index contributed by atoms with van der Waals surface area (Å²) in [6.07, 6.45) is 7.85. The molecule has 1 aromatic carbocycles. The topological polar surface area (TPSA) is 41.0 Å². The third-order valence-corrected chi connectivity index (χ3v) is 4.06. The lowest BCUT2D eigenvalue weighted by Gasteiger charge is -2.25. The van der Waals surface area contributed by atoms with E-state index in [1.165, 1.54) is 24.8 Å². The van der Waals surface area contributed by atoms with Gasteiger partial charge < -0.3 is 10.2 Å². The number of benzene rings is 1. The molecule has 0 radical (unpaired) electrons. The standard InChI is InChI=1S/C16H20N4/c1-17-14-7-4-8-15(9-14)20(2)16-18-10-13(11-19-16)12-5-3-6-12/h4,7-12,17H,3,5-6H2,1-2H3. The molecule has 0 unspecified atom stereocenters. The van der Waals surface area contributed by atoms with Crippen LogP contribution in [0.5, 0.6) is 0 Å². The van der Waals surface area contributed by atoms with E-state index in [1.54, 1.807) is 0 Å². The maximum atomic E-state index is 4.51. The van der Waals surface area contributed by atoms with Crippen LogP contribution in [0.1, 0.15) is 30.7 Å². The Labute approximate surface area is 119 Å². The lowest BCUT2D eigenvalue weighted by molar-refractivity contribution is 0.418. The van der Waals surface area contributed by atoms with Crippen molar-refractivity contribution in [3.8, 4) is 0 Å². The monoisotopic (exact) mass is 268 g/mol. The molecular weight excluding hydrogens is 248 g/mol. The summed E-state index contributed by atoms with van der Waals surface area (Å²) >= 11 is 0. The van der Waals surface area contributed by atoms with Crippen LogP contribution < -0.4 is 10.2 Å². The third kappa shape index (κ3) is 2.46. The highest BCUT2D eigenvalue weighted by Crippen LogP contribution is 2.36. The zero-order valence-electron chi connectivity index (χ0n) is 12.0. The maximum absolute atomic E-state index is 4.51. The molecule has 0 saturated heterocycles. The Bertz CT molecular complexity index is 575. The highest BCUT2D eigenvalue weighted by atomic mass is 15.2. The molecule has 0 spiro atoms. The van der Waals surface area contributed by atoms with Crippen LogP contribution in [0.3, 0.4) is 0 Å². The van der Waals surface area contributed by atoms with E-state index in [0.29, 0.717) is 5.92 Å². The average Bonchev–Trinajstić information content (AvgIpc) is 2.45. The van der Waals surface area contributed by atoms with Crippen molar-refractivity contribution >= 4 is 17.3 Å². The van der Waals surface area contributed by atoms with E-state index in [9.17, 15) is 0 Å². The summed E-state index contributed by atoms with van der Waals surface area (Å²) in [5, 5.41) is 3.15. The average molecular weight is 268 g/mol. The zero-order valence-corrected chi connectivity index (χ0v) is 12.0. The van der Waals surface area contributed by atoms with Crippen LogP contribution in [0.25, 0.3) is 0 Å². The van der Waals surface area contributed by atoms with Crippen molar-refractivity contribution in [1.29, 1.82) is 0 Å². The van der Waals surface area contributed by atoms with Crippen LogP contribution in [-0.2, 0) is 0 Å². The second-order valence-electron chi connectivity index (χ2n) is 5.30. The van der Waals surface area contributed by atoms with Crippen LogP contribution in [-0.4, -0.2) is 24.1 Å². The van der Waals surface area contributed by atoms with E-state index < -0.39 is 0 Å². The summed E-state index contributed by atoms with van der Waals surface area (Å²) in [4.78, 5) is 11.0. The van der Waals surface area contributed by atoms with E-state index in [0.717, 1.165) is 17.3 Å². The van der Waals surface area contributed by atoms with Crippen LogP contribution in [0.4, 0.5) is 17.3 Å². The fourth-order valence-corrected chi connectivity index (χ4v) is 2.44. The Kier molecular flexibility index (Phi) is 3.54. The van der Waals surface area contributed by atoms with Crippen LogP contribution in [0.15, 0.2) is 36.7 Å². The number of nitrogens with one attached hydrogen (secondary N) is 1. The largest absolute Gasteiger partial charge is 0.388 e. The first-order valence-corrected chi connectivity index (χ1v) is 7.11. The van der Waals surface area contributed by atoms with Crippen molar-refractivity contribution in [2.24, 2.45) is 0 Å². The quantitative estimate of drug-likeness (QED) is 0.920. The minimum absolute atomic E-state index is 0.682. The van der Waals surface area contributed by atoms with Gasteiger partial charge in [-0.1, -0.05) is 12.5 Å². The first-order valence-electron chi connectivity index (χ1n) is 7.11. The zero-order chi connectivity index (χ0) is 13.9. The molecule has 104 valence electrons. The third-order valence-electron chi connectivity index (χ3n) is 4.06. The predicted molar refractivity (Wildman–Crippen MR) is 82.7 cm³/mol. The molecule has 1 aliphatic carbocycles. The minimum Gasteiger partial charge on any atom is -0.388 e. The molecule has 0 aliphatic heterocycles. The Balaban J connectivity index is 1.80. The lowest BCUT2D eigenvalue weighted by atomic mass is 9.81. The lowest BCUT2D eigenvalue weighted by Crippen LogP contribution is -2.15. The van der Waals surface area contributed by atoms with E-state index in [4.69, 9.17) is 0 Å². The van der Waals surface area contributed by atoms with E-state index in [1.807, 2.05) is 43.5 Å². The first-order chi connectivity index (χ1) is 9.78. The van der Waals surface area contributed by atoms with Gasteiger partial charge in [-0.15, -0.1) is 0 Å². The highest BCUT2D eigenvalue weighted by Gasteiger charge is 2.20. The molecule has 20 heavy (non-hydrogen) atoms. The summed E-state index contributed by atoms with van der Waals surface area (Å²) in [7, 11) is 3.91. The molecule has 1 aliphatic rings. The molecule has 1 saturated carbocycles. The van der Waals surface area contributed by atoms with Crippen molar-refractivity contribution in [2.45, 2.75) is 25.2 Å². The molecule has 0 bridgehead atoms. The molecule has 4 nitrogen and oxygen atoms in total. The van der Waals surface area contributed by atoms with Crippen LogP contribution >= 0.6 is 0 Å². The van der Waals surface area contributed by atoms with Gasteiger partial charge in [-0.3, -0.25) is 0 Å². The molecule has 3 rings (SSSR count). The van der Waals surface area contributed by atoms with Gasteiger partial charge in [-0.2, -0.15) is 0 Å². The molecule has 0 atom stereocenters. The fourth-order valence-electron chi connectivity index (χ4n) is 2.44. The van der Waals surface area contributed by atoms with Crippen LogP contribution in [0.2, 0.25) is 0 Å². The molecule has 1 aromatic heterocycles. The SMILES string of the molecule is CNc1cccc(N(C)c2ncc(C3CCC3)cn2)c1. The molecule has 4 heteroatoms. The van der Waals surface area contributed by atoms with Gasteiger partial charge in [0, 0.05) is 37.9 Å². The second kappa shape index (κ2) is 5.49. The van der Waals surface area contributed by atoms with E-state index in [2.05, 4.69) is 27.4 Å². The molecular formula is C16H20N4.